The fourth-order valence-corrected chi connectivity index (χ4v) is 2.88. The predicted molar refractivity (Wildman–Crippen MR) is 108 cm³/mol. The second kappa shape index (κ2) is 7.79. The summed E-state index contributed by atoms with van der Waals surface area (Å²) in [7, 11) is 0. The van der Waals surface area contributed by atoms with Gasteiger partial charge in [-0.25, -0.2) is 18.7 Å². The van der Waals surface area contributed by atoms with Gasteiger partial charge in [-0.2, -0.15) is 0 Å². The first-order valence-corrected chi connectivity index (χ1v) is 9.10. The minimum absolute atomic E-state index is 0.00522. The normalized spacial score (nSPS) is 11.1. The van der Waals surface area contributed by atoms with E-state index in [0.717, 1.165) is 17.7 Å². The SMILES string of the molecule is CC(C)Oc1ccc2nc(-c3cccnc3)nc(Nc3ccc(F)c(F)c3)c2c1. The Morgan fingerprint density at radius 2 is 1.83 bits per heavy atom. The van der Waals surface area contributed by atoms with Crippen molar-refractivity contribution in [1.82, 2.24) is 15.0 Å². The molecule has 1 N–H and O–H groups in total. The van der Waals surface area contributed by atoms with Gasteiger partial charge in [0.2, 0.25) is 0 Å². The van der Waals surface area contributed by atoms with Crippen LogP contribution < -0.4 is 10.1 Å². The van der Waals surface area contributed by atoms with Gasteiger partial charge >= 0.3 is 0 Å². The zero-order valence-electron chi connectivity index (χ0n) is 15.9. The molecule has 146 valence electrons. The third-order valence-corrected chi connectivity index (χ3v) is 4.14. The van der Waals surface area contributed by atoms with Crippen molar-refractivity contribution in [1.29, 1.82) is 0 Å². The molecule has 0 spiro atoms. The van der Waals surface area contributed by atoms with Crippen LogP contribution in [-0.4, -0.2) is 21.1 Å². The summed E-state index contributed by atoms with van der Waals surface area (Å²) in [6, 6.07) is 12.7. The van der Waals surface area contributed by atoms with Crippen LogP contribution >= 0.6 is 0 Å². The number of ether oxygens (including phenoxy) is 1. The molecule has 0 amide bonds. The summed E-state index contributed by atoms with van der Waals surface area (Å²) in [6.07, 6.45) is 3.34. The second-order valence-electron chi connectivity index (χ2n) is 6.74. The molecule has 0 aliphatic rings. The Balaban J connectivity index is 1.85. The molecule has 2 aromatic heterocycles. The standard InChI is InChI=1S/C22H18F2N4O/c1-13(2)29-16-6-8-20-17(11-16)22(26-15-5-7-18(23)19(24)10-15)28-21(27-20)14-4-3-9-25-12-14/h3-13H,1-2H3,(H,26,27,28). The molecule has 2 aromatic carbocycles. The monoisotopic (exact) mass is 392 g/mol. The highest BCUT2D eigenvalue weighted by molar-refractivity contribution is 5.93. The number of pyridine rings is 1. The first-order valence-electron chi connectivity index (χ1n) is 9.10. The predicted octanol–water partition coefficient (Wildman–Crippen LogP) is 5.50. The molecule has 29 heavy (non-hydrogen) atoms. The summed E-state index contributed by atoms with van der Waals surface area (Å²) in [6.45, 7) is 3.87. The smallest absolute Gasteiger partial charge is 0.163 e. The van der Waals surface area contributed by atoms with Gasteiger partial charge in [-0.05, 0) is 56.3 Å². The quantitative estimate of drug-likeness (QED) is 0.486. The van der Waals surface area contributed by atoms with Gasteiger partial charge in [0.15, 0.2) is 17.5 Å². The maximum atomic E-state index is 13.7. The number of halogens is 2. The third-order valence-electron chi connectivity index (χ3n) is 4.14. The summed E-state index contributed by atoms with van der Waals surface area (Å²) in [5.41, 5.74) is 1.79. The average molecular weight is 392 g/mol. The zero-order valence-corrected chi connectivity index (χ0v) is 15.9. The van der Waals surface area contributed by atoms with Crippen molar-refractivity contribution in [2.75, 3.05) is 5.32 Å². The lowest BCUT2D eigenvalue weighted by Gasteiger charge is -2.14. The van der Waals surface area contributed by atoms with Gasteiger partial charge in [-0.1, -0.05) is 0 Å². The Morgan fingerprint density at radius 1 is 0.966 bits per heavy atom. The summed E-state index contributed by atoms with van der Waals surface area (Å²) in [4.78, 5) is 13.3. The fraction of sp³-hybridized carbons (Fsp3) is 0.136. The van der Waals surface area contributed by atoms with Crippen molar-refractivity contribution in [3.05, 3.63) is 72.6 Å². The van der Waals surface area contributed by atoms with Crippen LogP contribution in [0.1, 0.15) is 13.8 Å². The number of nitrogens with one attached hydrogen (secondary N) is 1. The minimum Gasteiger partial charge on any atom is -0.491 e. The fourth-order valence-electron chi connectivity index (χ4n) is 2.88. The van der Waals surface area contributed by atoms with E-state index in [1.807, 2.05) is 38.1 Å². The van der Waals surface area contributed by atoms with Gasteiger partial charge in [-0.3, -0.25) is 4.98 Å². The van der Waals surface area contributed by atoms with E-state index < -0.39 is 11.6 Å². The molecule has 0 atom stereocenters. The highest BCUT2D eigenvalue weighted by Gasteiger charge is 2.13. The molecule has 5 nitrogen and oxygen atoms in total. The van der Waals surface area contributed by atoms with Crippen molar-refractivity contribution in [2.24, 2.45) is 0 Å². The van der Waals surface area contributed by atoms with Crippen molar-refractivity contribution >= 4 is 22.4 Å². The van der Waals surface area contributed by atoms with Crippen molar-refractivity contribution < 1.29 is 13.5 Å². The molecular formula is C22H18F2N4O. The van der Waals surface area contributed by atoms with Crippen molar-refractivity contribution in [3.8, 4) is 17.1 Å². The van der Waals surface area contributed by atoms with Gasteiger partial charge in [0.1, 0.15) is 11.6 Å². The Hall–Kier alpha value is -3.61. The van der Waals surface area contributed by atoms with Crippen LogP contribution in [-0.2, 0) is 0 Å². The van der Waals surface area contributed by atoms with E-state index in [-0.39, 0.29) is 6.10 Å². The number of anilines is 2. The molecule has 4 aromatic rings. The maximum Gasteiger partial charge on any atom is 0.163 e. The molecule has 0 saturated heterocycles. The summed E-state index contributed by atoms with van der Waals surface area (Å²) < 4.78 is 32.7. The molecule has 4 rings (SSSR count). The molecule has 2 heterocycles. The third kappa shape index (κ3) is 4.13. The van der Waals surface area contributed by atoms with Gasteiger partial charge in [0.25, 0.3) is 0 Å². The molecule has 0 unspecified atom stereocenters. The lowest BCUT2D eigenvalue weighted by molar-refractivity contribution is 0.243. The second-order valence-corrected chi connectivity index (χ2v) is 6.74. The van der Waals surface area contributed by atoms with E-state index in [1.54, 1.807) is 18.5 Å². The van der Waals surface area contributed by atoms with E-state index in [0.29, 0.717) is 34.0 Å². The molecule has 0 saturated carbocycles. The first-order chi connectivity index (χ1) is 14.0. The van der Waals surface area contributed by atoms with Crippen LogP contribution in [0.25, 0.3) is 22.3 Å². The number of aromatic nitrogens is 3. The number of hydrogen-bond acceptors (Lipinski definition) is 5. The molecule has 0 aliphatic heterocycles. The van der Waals surface area contributed by atoms with E-state index in [1.165, 1.54) is 6.07 Å². The van der Waals surface area contributed by atoms with Crippen molar-refractivity contribution in [2.45, 2.75) is 20.0 Å². The lowest BCUT2D eigenvalue weighted by Crippen LogP contribution is -2.06. The summed E-state index contributed by atoms with van der Waals surface area (Å²) in [5.74, 6) is -0.266. The Bertz CT molecular complexity index is 1170. The van der Waals surface area contributed by atoms with Crippen LogP contribution in [0, 0.1) is 11.6 Å². The summed E-state index contributed by atoms with van der Waals surface area (Å²) in [5, 5.41) is 3.77. The highest BCUT2D eigenvalue weighted by atomic mass is 19.2. The van der Waals surface area contributed by atoms with Gasteiger partial charge in [0.05, 0.1) is 11.6 Å². The Morgan fingerprint density at radius 3 is 2.55 bits per heavy atom. The molecule has 0 fully saturated rings. The lowest BCUT2D eigenvalue weighted by atomic mass is 10.2. The molecule has 0 radical (unpaired) electrons. The topological polar surface area (TPSA) is 59.9 Å². The van der Waals surface area contributed by atoms with Crippen LogP contribution in [0.4, 0.5) is 20.3 Å². The van der Waals surface area contributed by atoms with E-state index in [9.17, 15) is 8.78 Å². The average Bonchev–Trinajstić information content (AvgIpc) is 2.71. The van der Waals surface area contributed by atoms with Crippen LogP contribution in [0.3, 0.4) is 0 Å². The number of fused-ring (bicyclic) bond motifs is 1. The summed E-state index contributed by atoms with van der Waals surface area (Å²) >= 11 is 0. The van der Waals surface area contributed by atoms with Gasteiger partial charge in [0, 0.05) is 35.1 Å². The van der Waals surface area contributed by atoms with Gasteiger partial charge in [-0.15, -0.1) is 0 Å². The molecule has 7 heteroatoms. The molecular weight excluding hydrogens is 374 g/mol. The van der Waals surface area contributed by atoms with Crippen molar-refractivity contribution in [3.63, 3.8) is 0 Å². The van der Waals surface area contributed by atoms with Crippen LogP contribution in [0.15, 0.2) is 60.9 Å². The number of rotatable bonds is 5. The first kappa shape index (κ1) is 18.7. The molecule has 0 bridgehead atoms. The number of hydrogen-bond donors (Lipinski definition) is 1. The van der Waals surface area contributed by atoms with E-state index >= 15 is 0 Å². The zero-order chi connectivity index (χ0) is 20.4. The Labute approximate surface area is 166 Å². The van der Waals surface area contributed by atoms with E-state index in [2.05, 4.69) is 20.3 Å². The van der Waals surface area contributed by atoms with Gasteiger partial charge < -0.3 is 10.1 Å². The van der Waals surface area contributed by atoms with Crippen LogP contribution in [0.2, 0.25) is 0 Å². The van der Waals surface area contributed by atoms with Crippen LogP contribution in [0.5, 0.6) is 5.75 Å². The largest absolute Gasteiger partial charge is 0.491 e. The highest BCUT2D eigenvalue weighted by Crippen LogP contribution is 2.30. The number of nitrogens with zero attached hydrogens (tertiary/aromatic N) is 3. The minimum atomic E-state index is -0.940. The Kier molecular flexibility index (Phi) is 5.03. The molecule has 0 aliphatic carbocycles. The maximum absolute atomic E-state index is 13.7. The number of benzene rings is 2. The van der Waals surface area contributed by atoms with E-state index in [4.69, 9.17) is 4.74 Å².